The van der Waals surface area contributed by atoms with Gasteiger partial charge in [-0.15, -0.1) is 0 Å². The van der Waals surface area contributed by atoms with Gasteiger partial charge in [0, 0.05) is 11.5 Å². The minimum Gasteiger partial charge on any atom is -0.497 e. The molecule has 0 amide bonds. The van der Waals surface area contributed by atoms with Crippen LogP contribution in [0.3, 0.4) is 0 Å². The molecule has 0 bridgehead atoms. The van der Waals surface area contributed by atoms with Crippen molar-refractivity contribution in [3.05, 3.63) is 100 Å². The number of hydrogen-bond acceptors (Lipinski definition) is 7. The summed E-state index contributed by atoms with van der Waals surface area (Å²) in [7, 11) is 1.63. The number of hydrogen-bond donors (Lipinski definition) is 2. The van der Waals surface area contributed by atoms with Gasteiger partial charge in [-0.05, 0) is 72.6 Å². The first-order valence-corrected chi connectivity index (χ1v) is 14.3. The number of ether oxygens (including phenoxy) is 2. The van der Waals surface area contributed by atoms with Crippen molar-refractivity contribution in [2.75, 3.05) is 7.11 Å². The highest BCUT2D eigenvalue weighted by molar-refractivity contribution is 8.17. The molecule has 0 fully saturated rings. The molecule has 2 atom stereocenters. The van der Waals surface area contributed by atoms with Gasteiger partial charge in [0.1, 0.15) is 22.1 Å². The summed E-state index contributed by atoms with van der Waals surface area (Å²) in [6.45, 7) is 0. The van der Waals surface area contributed by atoms with Crippen molar-refractivity contribution >= 4 is 63.8 Å². The number of para-hydroxylation sites is 1. The van der Waals surface area contributed by atoms with Gasteiger partial charge in [-0.1, -0.05) is 30.4 Å². The van der Waals surface area contributed by atoms with Crippen molar-refractivity contribution < 1.29 is 13.9 Å². The Labute approximate surface area is 217 Å². The lowest BCUT2D eigenvalue weighted by Gasteiger charge is -2.39. The minimum absolute atomic E-state index is 0.337. The predicted octanol–water partition coefficient (Wildman–Crippen LogP) is 5.46. The Hall–Kier alpha value is -3.10. The molecular formula is C25H18N3O3PS3. The Bertz CT molecular complexity index is 1640. The van der Waals surface area contributed by atoms with Crippen molar-refractivity contribution in [3.63, 3.8) is 0 Å². The second-order valence-corrected chi connectivity index (χ2v) is 12.6. The number of rotatable bonds is 3. The van der Waals surface area contributed by atoms with Gasteiger partial charge in [0.15, 0.2) is 11.0 Å². The summed E-state index contributed by atoms with van der Waals surface area (Å²) in [5.74, 6) is 1.51. The summed E-state index contributed by atoms with van der Waals surface area (Å²) in [5, 5.41) is 8.62. The minimum atomic E-state index is -2.56. The molecular weight excluding hydrogens is 517 g/mol. The van der Waals surface area contributed by atoms with E-state index in [9.17, 15) is 0 Å². The number of nitrogens with zero attached hydrogens (tertiary/aromatic N) is 1. The van der Waals surface area contributed by atoms with Crippen LogP contribution in [0, 0.1) is 4.71 Å². The number of aromatic nitrogens is 1. The molecule has 2 aliphatic heterocycles. The monoisotopic (exact) mass is 535 g/mol. The molecule has 2 aromatic heterocycles. The van der Waals surface area contributed by atoms with Crippen molar-refractivity contribution in [3.8, 4) is 11.5 Å². The Morgan fingerprint density at radius 2 is 1.74 bits per heavy atom. The summed E-state index contributed by atoms with van der Waals surface area (Å²) in [4.78, 5) is 5.14. The molecule has 2 unspecified atom stereocenters. The molecule has 6 nitrogen and oxygen atoms in total. The average Bonchev–Trinajstić information content (AvgIpc) is 2.88. The van der Waals surface area contributed by atoms with E-state index in [1.165, 1.54) is 0 Å². The quantitative estimate of drug-likeness (QED) is 0.263. The third-order valence-corrected chi connectivity index (χ3v) is 10.0. The van der Waals surface area contributed by atoms with E-state index < -0.39 is 6.34 Å². The Morgan fingerprint density at radius 1 is 0.971 bits per heavy atom. The fourth-order valence-electron chi connectivity index (χ4n) is 4.38. The summed E-state index contributed by atoms with van der Waals surface area (Å²) < 4.78 is 18.2. The predicted molar refractivity (Wildman–Crippen MR) is 147 cm³/mol. The molecule has 4 aromatic rings. The van der Waals surface area contributed by atoms with E-state index in [1.54, 1.807) is 13.3 Å². The molecule has 2 aromatic carbocycles. The molecule has 35 heavy (non-hydrogen) atoms. The van der Waals surface area contributed by atoms with E-state index in [2.05, 4.69) is 15.2 Å². The molecule has 4 heterocycles. The highest BCUT2D eigenvalue weighted by Gasteiger charge is 2.42. The van der Waals surface area contributed by atoms with Crippen molar-refractivity contribution in [2.45, 2.75) is 5.92 Å². The van der Waals surface area contributed by atoms with E-state index in [0.717, 1.165) is 33.3 Å². The number of nitrogens with one attached hydrogen (secondary N) is 2. The largest absolute Gasteiger partial charge is 0.497 e. The zero-order chi connectivity index (χ0) is 24.2. The second kappa shape index (κ2) is 8.53. The van der Waals surface area contributed by atoms with Gasteiger partial charge in [-0.2, -0.15) is 0 Å². The van der Waals surface area contributed by atoms with Crippen LogP contribution in [0.2, 0.25) is 0 Å². The van der Waals surface area contributed by atoms with Crippen LogP contribution in [-0.4, -0.2) is 17.1 Å². The maximum Gasteiger partial charge on any atom is 0.205 e. The van der Waals surface area contributed by atoms with Crippen LogP contribution in [0.4, 0.5) is 0 Å². The molecule has 0 spiro atoms. The van der Waals surface area contributed by atoms with Crippen LogP contribution in [0.15, 0.2) is 88.8 Å². The fraction of sp³-hybridized carbons (Fsp3) is 0.0800. The summed E-state index contributed by atoms with van der Waals surface area (Å²) in [6.07, 6.45) is -0.810. The molecule has 10 heteroatoms. The first-order valence-electron chi connectivity index (χ1n) is 10.7. The van der Waals surface area contributed by atoms with Gasteiger partial charge in [-0.3, -0.25) is 4.98 Å². The van der Waals surface area contributed by atoms with Crippen LogP contribution in [0.25, 0.3) is 11.0 Å². The zero-order valence-electron chi connectivity index (χ0n) is 18.3. The maximum absolute atomic E-state index is 6.54. The lowest BCUT2D eigenvalue weighted by molar-refractivity contribution is 0.378. The van der Waals surface area contributed by atoms with Crippen LogP contribution < -0.4 is 25.0 Å². The normalized spacial score (nSPS) is 20.8. The van der Waals surface area contributed by atoms with Gasteiger partial charge in [0.05, 0.1) is 35.2 Å². The second-order valence-electron chi connectivity index (χ2n) is 8.02. The summed E-state index contributed by atoms with van der Waals surface area (Å²) >= 11 is 17.7. The molecule has 2 aliphatic rings. The molecule has 2 N–H and O–H groups in total. The number of fused-ring (bicyclic) bond motifs is 3. The highest BCUT2D eigenvalue weighted by Crippen LogP contribution is 2.51. The molecule has 0 saturated carbocycles. The van der Waals surface area contributed by atoms with Crippen molar-refractivity contribution in [1.82, 2.24) is 15.2 Å². The van der Waals surface area contributed by atoms with Gasteiger partial charge < -0.3 is 24.1 Å². The van der Waals surface area contributed by atoms with Crippen LogP contribution in [-0.2, 0) is 11.8 Å². The lowest BCUT2D eigenvalue weighted by atomic mass is 9.86. The van der Waals surface area contributed by atoms with E-state index in [0.29, 0.717) is 26.9 Å². The van der Waals surface area contributed by atoms with E-state index in [1.807, 2.05) is 66.7 Å². The standard InChI is InChI=1S/C25H18N3O3PS3/c1-29-14-9-11-15(12-10-14)32(35)27-23-21(24(33)28-32)19(17-7-4-5-13-26-17)20-22(31-23)16-6-2-3-8-18(16)30-25(20)34/h2-13,19H,1H3,(H2,27,28,33,35). The maximum atomic E-state index is 6.54. The third kappa shape index (κ3) is 3.67. The van der Waals surface area contributed by atoms with Crippen molar-refractivity contribution in [1.29, 1.82) is 0 Å². The van der Waals surface area contributed by atoms with Gasteiger partial charge >= 0.3 is 0 Å². The van der Waals surface area contributed by atoms with Gasteiger partial charge in [0.2, 0.25) is 5.88 Å². The third-order valence-electron chi connectivity index (χ3n) is 6.01. The average molecular weight is 536 g/mol. The number of thiocarbonyl (C=S) groups is 1. The van der Waals surface area contributed by atoms with Crippen molar-refractivity contribution in [2.24, 2.45) is 0 Å². The van der Waals surface area contributed by atoms with E-state index >= 15 is 0 Å². The Kier molecular flexibility index (Phi) is 5.45. The molecule has 174 valence electrons. The SMILES string of the molecule is COc1ccc(P2(=S)NC(=S)C3=C(N2)Oc2c(c(=S)oc4ccccc24)C3c2ccccn2)cc1. The Morgan fingerprint density at radius 3 is 2.49 bits per heavy atom. The number of benzene rings is 2. The molecule has 6 rings (SSSR count). The highest BCUT2D eigenvalue weighted by atomic mass is 32.4. The first-order chi connectivity index (χ1) is 17.0. The van der Waals surface area contributed by atoms with E-state index in [-0.39, 0.29) is 5.92 Å². The van der Waals surface area contributed by atoms with E-state index in [4.69, 9.17) is 50.1 Å². The molecule has 0 radical (unpaired) electrons. The van der Waals surface area contributed by atoms with Crippen LogP contribution in [0.1, 0.15) is 17.2 Å². The van der Waals surface area contributed by atoms with Crippen LogP contribution >= 0.6 is 30.8 Å². The number of pyridine rings is 1. The Balaban J connectivity index is 1.57. The van der Waals surface area contributed by atoms with Crippen LogP contribution in [0.5, 0.6) is 11.5 Å². The topological polar surface area (TPSA) is 68.5 Å². The lowest BCUT2D eigenvalue weighted by Crippen LogP contribution is -2.43. The zero-order valence-corrected chi connectivity index (χ0v) is 21.7. The summed E-state index contributed by atoms with van der Waals surface area (Å²) in [6, 6.07) is 21.1. The van der Waals surface area contributed by atoms with Gasteiger partial charge in [0.25, 0.3) is 0 Å². The number of methoxy groups -OCH3 is 1. The molecule has 0 aliphatic carbocycles. The van der Waals surface area contributed by atoms with Gasteiger partial charge in [-0.25, -0.2) is 0 Å². The molecule has 0 saturated heterocycles. The first kappa shape index (κ1) is 22.4. The fourth-order valence-corrected chi connectivity index (χ4v) is 8.11. The summed E-state index contributed by atoms with van der Waals surface area (Å²) in [5.41, 5.74) is 2.89. The smallest absolute Gasteiger partial charge is 0.205 e.